The second kappa shape index (κ2) is 33.7. The van der Waals surface area contributed by atoms with Gasteiger partial charge in [0.1, 0.15) is 0 Å². The van der Waals surface area contributed by atoms with E-state index in [4.69, 9.17) is 29.5 Å². The van der Waals surface area contributed by atoms with E-state index in [-0.39, 0.29) is 58.0 Å². The molecular weight excluding hydrogens is 1250 g/mol. The van der Waals surface area contributed by atoms with E-state index in [1.165, 1.54) is 0 Å². The minimum absolute atomic E-state index is 0. The fourth-order valence-corrected chi connectivity index (χ4v) is 2.87. The van der Waals surface area contributed by atoms with Gasteiger partial charge in [-0.15, -0.1) is 0 Å². The van der Waals surface area contributed by atoms with Gasteiger partial charge < -0.3 is 59.1 Å². The molecule has 0 radical (unpaired) electrons. The van der Waals surface area contributed by atoms with Crippen LogP contribution in [0.15, 0.2) is 0 Å². The quantitative estimate of drug-likeness (QED) is 0.124. The Morgan fingerprint density at radius 1 is 0.472 bits per heavy atom. The van der Waals surface area contributed by atoms with Gasteiger partial charge in [-0.3, -0.25) is 0 Å². The predicted octanol–water partition coefficient (Wildman–Crippen LogP) is 0.285. The molecule has 1 aliphatic rings. The summed E-state index contributed by atoms with van der Waals surface area (Å²) in [7, 11) is 16.4. The van der Waals surface area contributed by atoms with Crippen LogP contribution in [0.25, 0.3) is 0 Å². The van der Waals surface area contributed by atoms with Crippen LogP contribution < -0.4 is 0 Å². The van der Waals surface area contributed by atoms with Crippen LogP contribution in [-0.4, -0.2) is 107 Å². The smallest absolute Gasteiger partial charge is 0.0976 e. The summed E-state index contributed by atoms with van der Waals surface area (Å²) in [5, 5.41) is 49.4. The Labute approximate surface area is 197 Å². The summed E-state index contributed by atoms with van der Waals surface area (Å²) in [6.07, 6.45) is -1.11. The zero-order chi connectivity index (χ0) is 26.1. The van der Waals surface area contributed by atoms with Gasteiger partial charge in [0, 0.05) is 19.8 Å². The van der Waals surface area contributed by atoms with Crippen molar-refractivity contribution in [2.75, 3.05) is 39.6 Å². The number of rotatable bonds is 15. The molecule has 0 amide bonds. The van der Waals surface area contributed by atoms with E-state index in [9.17, 15) is 15.3 Å². The van der Waals surface area contributed by atoms with E-state index in [0.717, 1.165) is 0 Å². The summed E-state index contributed by atoms with van der Waals surface area (Å²) in [5.74, 6) is 0. The third kappa shape index (κ3) is 25.1. The minimum atomic E-state index is -0.768. The van der Waals surface area contributed by atoms with Gasteiger partial charge in [-0.2, -0.15) is 0 Å². The summed E-state index contributed by atoms with van der Waals surface area (Å²) >= 11 is 0. The molecule has 210 valence electrons. The van der Waals surface area contributed by atoms with Gasteiger partial charge in [0.05, 0.1) is 56.4 Å². The summed E-state index contributed by atoms with van der Waals surface area (Å²) in [6.45, 7) is 0.573. The van der Waals surface area contributed by atoms with Crippen molar-refractivity contribution in [3.05, 3.63) is 42.7 Å². The van der Waals surface area contributed by atoms with E-state index in [2.05, 4.69) is 56.9 Å². The molecule has 1 saturated carbocycles. The molecule has 3 atom stereocenters. The summed E-state index contributed by atoms with van der Waals surface area (Å²) in [5.41, 5.74) is 0. The molecule has 3 unspecified atom stereocenters. The molecule has 1 aliphatic carbocycles. The third-order valence-electron chi connectivity index (χ3n) is 4.08. The van der Waals surface area contributed by atoms with Crippen molar-refractivity contribution in [3.63, 3.8) is 0 Å². The fourth-order valence-electron chi connectivity index (χ4n) is 2.87. The number of aliphatic hydroxyl groups excluding tert-OH is 6. The first-order valence-corrected chi connectivity index (χ1v) is 9.93. The van der Waals surface area contributed by atoms with Crippen LogP contribution in [0.3, 0.4) is 0 Å². The molecule has 1 fully saturated rings. The van der Waals surface area contributed by atoms with Crippen molar-refractivity contribution >= 4 is 0 Å². The molecule has 0 aromatic rings. The Bertz CT molecular complexity index is 321. The average molecular weight is 1290 g/mol. The van der Waals surface area contributed by atoms with Crippen LogP contribution in [-0.2, 0) is 28.4 Å². The number of aliphatic hydroxyl groups is 6. The number of hydrogen-bond donors (Lipinski definition) is 6. The van der Waals surface area contributed by atoms with E-state index in [1.807, 2.05) is 0 Å². The standard InChI is InChI=1S/C18H33O9.3CH3O.3Rf/c1-22-7-13(19)10-25-16-4-17(26-11-14(20)8-23-2)6-18(5-16)27-12-15(21)9-24-3;3*1-2;;;/h13-21H,1-12H2;3*2H,1H2;;;/q-3;3*-1;;;. The topological polar surface area (TPSA) is 177 Å². The van der Waals surface area contributed by atoms with E-state index >= 15 is 0 Å². The van der Waals surface area contributed by atoms with Crippen molar-refractivity contribution < 1.29 is 59.1 Å². The molecule has 36 heavy (non-hydrogen) atoms. The largest absolute Gasteiger partial charge is 0.569 e. The van der Waals surface area contributed by atoms with Crippen molar-refractivity contribution in [1.29, 1.82) is 0 Å². The normalized spacial score (nSPS) is 20.5. The maximum Gasteiger partial charge on any atom is 0.0976 e. The van der Waals surface area contributed by atoms with Crippen LogP contribution in [0, 0.1) is 42.7 Å². The predicted molar refractivity (Wildman–Crippen MR) is 117 cm³/mol. The Kier molecular flexibility index (Phi) is 43.0. The second-order valence-corrected chi connectivity index (χ2v) is 6.65. The third-order valence-corrected chi connectivity index (χ3v) is 4.08. The van der Waals surface area contributed by atoms with Crippen molar-refractivity contribution in [2.45, 2.75) is 55.9 Å². The van der Waals surface area contributed by atoms with Crippen molar-refractivity contribution in [1.82, 2.24) is 0 Å². The molecule has 0 aromatic heterocycles. The van der Waals surface area contributed by atoms with Crippen LogP contribution >= 0.6 is 0 Å². The van der Waals surface area contributed by atoms with Crippen molar-refractivity contribution in [2.24, 2.45) is 0 Å². The van der Waals surface area contributed by atoms with Gasteiger partial charge in [0.15, 0.2) is 0 Å². The molecule has 0 spiro atoms. The Balaban J connectivity index is -0.000000232. The number of hydrogen-bond acceptors (Lipinski definition) is 12. The molecule has 1 rings (SSSR count). The molecule has 0 aromatic carbocycles. The maximum absolute atomic E-state index is 9.72. The number of ether oxygens (including phenoxy) is 6. The molecule has 0 saturated heterocycles. The van der Waals surface area contributed by atoms with E-state index < -0.39 is 18.3 Å². The zero-order valence-electron chi connectivity index (χ0n) is 21.3. The van der Waals surface area contributed by atoms with E-state index in [1.54, 1.807) is 0 Å². The average Bonchev–Trinajstić information content (AvgIpc) is 2.84. The summed E-state index contributed by atoms with van der Waals surface area (Å²) < 4.78 is 31.2. The van der Waals surface area contributed by atoms with Gasteiger partial charge in [0.25, 0.3) is 0 Å². The summed E-state index contributed by atoms with van der Waals surface area (Å²) in [4.78, 5) is 0. The molecule has 0 heterocycles. The molecule has 0 bridgehead atoms. The fraction of sp³-hybridized carbons (Fsp3) is 0.714. The Morgan fingerprint density at radius 3 is 0.833 bits per heavy atom. The minimum Gasteiger partial charge on any atom is -0.569 e. The van der Waals surface area contributed by atoms with Gasteiger partial charge in [0.2, 0.25) is 0 Å². The Morgan fingerprint density at radius 2 is 0.667 bits per heavy atom. The zero-order valence-corrected chi connectivity index (χ0v) is 40.5. The van der Waals surface area contributed by atoms with Gasteiger partial charge >= 0.3 is 0 Å². The SMILES string of the molecule is [CH2-]O.[CH2-]O.[CH2-]O.[CH2-]OCC(O)COC1CC(OCC(O)CO[CH2-])CC(OCC(O)CO[CH2-])C1.[Rf].[Rf].[Rf]. The summed E-state index contributed by atoms with van der Waals surface area (Å²) in [6, 6.07) is 0. The van der Waals surface area contributed by atoms with E-state index in [0.29, 0.717) is 19.3 Å². The van der Waals surface area contributed by atoms with Crippen LogP contribution in [0.4, 0.5) is 0 Å². The maximum atomic E-state index is 9.72. The molecular formula is C21H42O12Rf3-6. The van der Waals surface area contributed by atoms with Crippen molar-refractivity contribution in [3.8, 4) is 0 Å². The first-order valence-electron chi connectivity index (χ1n) is 9.93. The van der Waals surface area contributed by atoms with Gasteiger partial charge in [-0.25, -0.2) is 42.7 Å². The van der Waals surface area contributed by atoms with Gasteiger partial charge in [-0.05, 0) is 19.3 Å². The Hall–Kier alpha value is -3.48. The first-order chi connectivity index (χ1) is 16.0. The molecule has 15 heteroatoms. The molecule has 6 N–H and O–H groups in total. The van der Waals surface area contributed by atoms with Crippen LogP contribution in [0.1, 0.15) is 19.3 Å². The van der Waals surface area contributed by atoms with Gasteiger partial charge in [-0.1, -0.05) is 0 Å². The second-order valence-electron chi connectivity index (χ2n) is 6.65. The first kappa shape index (κ1) is 45.9. The molecule has 12 nitrogen and oxygen atoms in total. The van der Waals surface area contributed by atoms with Crippen LogP contribution in [0.5, 0.6) is 0 Å². The molecule has 0 aliphatic heterocycles. The van der Waals surface area contributed by atoms with Crippen LogP contribution in [0.2, 0.25) is 0 Å². The monoisotopic (exact) mass is 1290 g/mol.